The van der Waals surface area contributed by atoms with Gasteiger partial charge in [-0.3, -0.25) is 4.79 Å². The van der Waals surface area contributed by atoms with E-state index >= 15 is 0 Å². The number of carbonyl (C=O) groups excluding carboxylic acids is 1. The van der Waals surface area contributed by atoms with Crippen molar-refractivity contribution in [3.63, 3.8) is 0 Å². The highest BCUT2D eigenvalue weighted by atomic mass is 16.5. The number of benzene rings is 1. The molecule has 0 aliphatic carbocycles. The molecule has 0 fully saturated rings. The highest BCUT2D eigenvalue weighted by molar-refractivity contribution is 5.82. The van der Waals surface area contributed by atoms with E-state index in [1.54, 1.807) is 25.3 Å². The second-order valence-corrected chi connectivity index (χ2v) is 3.46. The van der Waals surface area contributed by atoms with Crippen LogP contribution in [0.3, 0.4) is 0 Å². The largest absolute Gasteiger partial charge is 0.507 e. The molecule has 2 rings (SSSR count). The fourth-order valence-electron chi connectivity index (χ4n) is 1.50. The number of pyridine rings is 1. The molecular formula is C13H11NO3. The minimum atomic E-state index is -0.0355. The van der Waals surface area contributed by atoms with Gasteiger partial charge in [0.05, 0.1) is 18.4 Å². The summed E-state index contributed by atoms with van der Waals surface area (Å²) in [5.41, 5.74) is 1.68. The van der Waals surface area contributed by atoms with Crippen LogP contribution in [0.1, 0.15) is 10.4 Å². The van der Waals surface area contributed by atoms with Crippen LogP contribution in [-0.4, -0.2) is 23.5 Å². The average Bonchev–Trinajstić information content (AvgIpc) is 2.39. The number of nitrogens with zero attached hydrogens (tertiary/aromatic N) is 1. The van der Waals surface area contributed by atoms with Gasteiger partial charge in [-0.25, -0.2) is 4.98 Å². The maximum absolute atomic E-state index is 10.7. The van der Waals surface area contributed by atoms with Gasteiger partial charge >= 0.3 is 0 Å². The summed E-state index contributed by atoms with van der Waals surface area (Å²) in [6.07, 6.45) is 0.610. The zero-order valence-corrected chi connectivity index (χ0v) is 9.25. The Bertz CT molecular complexity index is 552. The molecule has 2 aromatic rings. The van der Waals surface area contributed by atoms with E-state index in [2.05, 4.69) is 4.98 Å². The Labute approximate surface area is 98.5 Å². The van der Waals surface area contributed by atoms with Crippen molar-refractivity contribution in [2.75, 3.05) is 7.11 Å². The summed E-state index contributed by atoms with van der Waals surface area (Å²) in [6.45, 7) is 0. The number of carbonyl (C=O) groups is 1. The van der Waals surface area contributed by atoms with Gasteiger partial charge in [-0.15, -0.1) is 0 Å². The quantitative estimate of drug-likeness (QED) is 0.820. The molecule has 0 aliphatic heterocycles. The van der Waals surface area contributed by atoms with Crippen molar-refractivity contribution < 1.29 is 14.6 Å². The number of phenols is 1. The molecule has 0 atom stereocenters. The fraction of sp³-hybridized carbons (Fsp3) is 0.0769. The van der Waals surface area contributed by atoms with Crippen LogP contribution in [0, 0.1) is 0 Å². The van der Waals surface area contributed by atoms with Crippen molar-refractivity contribution in [3.8, 4) is 22.9 Å². The van der Waals surface area contributed by atoms with Crippen molar-refractivity contribution in [1.29, 1.82) is 0 Å². The molecule has 0 radical (unpaired) electrons. The summed E-state index contributed by atoms with van der Waals surface area (Å²) in [4.78, 5) is 15.0. The van der Waals surface area contributed by atoms with Crippen LogP contribution < -0.4 is 4.74 Å². The molecule has 0 saturated carbocycles. The highest BCUT2D eigenvalue weighted by Crippen LogP contribution is 2.24. The van der Waals surface area contributed by atoms with Crippen LogP contribution >= 0.6 is 0 Å². The Morgan fingerprint density at radius 1 is 1.29 bits per heavy atom. The van der Waals surface area contributed by atoms with Gasteiger partial charge in [-0.05, 0) is 24.3 Å². The lowest BCUT2D eigenvalue weighted by Gasteiger charge is -2.05. The van der Waals surface area contributed by atoms with Crippen LogP contribution in [-0.2, 0) is 0 Å². The van der Waals surface area contributed by atoms with Crippen molar-refractivity contribution in [2.45, 2.75) is 0 Å². The molecule has 0 amide bonds. The first-order chi connectivity index (χ1) is 8.24. The predicted octanol–water partition coefficient (Wildman–Crippen LogP) is 2.28. The van der Waals surface area contributed by atoms with E-state index in [1.807, 2.05) is 12.1 Å². The molecule has 0 spiro atoms. The molecule has 86 valence electrons. The van der Waals surface area contributed by atoms with Crippen molar-refractivity contribution in [1.82, 2.24) is 4.98 Å². The van der Waals surface area contributed by atoms with E-state index in [-0.39, 0.29) is 11.3 Å². The third-order valence-electron chi connectivity index (χ3n) is 2.38. The SMILES string of the molecule is COc1cccc(-c2ccc(O)c(C=O)c2)n1. The molecule has 0 aliphatic rings. The van der Waals surface area contributed by atoms with Gasteiger partial charge in [0.15, 0.2) is 6.29 Å². The Balaban J connectivity index is 2.48. The second kappa shape index (κ2) is 4.65. The standard InChI is InChI=1S/C13H11NO3/c1-17-13-4-2-3-11(14-13)9-5-6-12(16)10(7-9)8-15/h2-8,16H,1H3. The van der Waals surface area contributed by atoms with Crippen LogP contribution in [0.5, 0.6) is 11.6 Å². The highest BCUT2D eigenvalue weighted by Gasteiger charge is 2.05. The zero-order chi connectivity index (χ0) is 12.3. The molecule has 0 bridgehead atoms. The Kier molecular flexibility index (Phi) is 3.05. The van der Waals surface area contributed by atoms with Gasteiger partial charge in [0.2, 0.25) is 5.88 Å². The Hall–Kier alpha value is -2.36. The van der Waals surface area contributed by atoms with Gasteiger partial charge in [-0.2, -0.15) is 0 Å². The number of aromatic nitrogens is 1. The van der Waals surface area contributed by atoms with E-state index in [0.717, 1.165) is 5.56 Å². The first kappa shape index (κ1) is 11.1. The third kappa shape index (κ3) is 2.25. The first-order valence-corrected chi connectivity index (χ1v) is 5.04. The molecule has 0 saturated heterocycles. The van der Waals surface area contributed by atoms with E-state index in [1.165, 1.54) is 6.07 Å². The summed E-state index contributed by atoms with van der Waals surface area (Å²) < 4.78 is 5.03. The van der Waals surface area contributed by atoms with E-state index in [4.69, 9.17) is 4.74 Å². The normalized spacial score (nSPS) is 9.94. The lowest BCUT2D eigenvalue weighted by molar-refractivity contribution is 0.112. The molecule has 4 nitrogen and oxygen atoms in total. The van der Waals surface area contributed by atoms with Crippen molar-refractivity contribution >= 4 is 6.29 Å². The zero-order valence-electron chi connectivity index (χ0n) is 9.25. The molecule has 17 heavy (non-hydrogen) atoms. The van der Waals surface area contributed by atoms with E-state index in [9.17, 15) is 9.90 Å². The number of methoxy groups -OCH3 is 1. The average molecular weight is 229 g/mol. The van der Waals surface area contributed by atoms with Crippen molar-refractivity contribution in [2.24, 2.45) is 0 Å². The topological polar surface area (TPSA) is 59.4 Å². The maximum Gasteiger partial charge on any atom is 0.213 e. The van der Waals surface area contributed by atoms with E-state index in [0.29, 0.717) is 17.9 Å². The number of hydrogen-bond donors (Lipinski definition) is 1. The Morgan fingerprint density at radius 3 is 2.82 bits per heavy atom. The number of hydrogen-bond acceptors (Lipinski definition) is 4. The fourth-order valence-corrected chi connectivity index (χ4v) is 1.50. The van der Waals surface area contributed by atoms with Crippen LogP contribution in [0.2, 0.25) is 0 Å². The molecule has 4 heteroatoms. The summed E-state index contributed by atoms with van der Waals surface area (Å²) in [5, 5.41) is 9.41. The minimum absolute atomic E-state index is 0.0355. The van der Waals surface area contributed by atoms with Gasteiger partial charge in [0.25, 0.3) is 0 Å². The van der Waals surface area contributed by atoms with Crippen LogP contribution in [0.4, 0.5) is 0 Å². The molecule has 1 aromatic heterocycles. The minimum Gasteiger partial charge on any atom is -0.507 e. The van der Waals surface area contributed by atoms with Crippen LogP contribution in [0.15, 0.2) is 36.4 Å². The number of aldehydes is 1. The summed E-state index contributed by atoms with van der Waals surface area (Å²) in [6, 6.07) is 10.1. The number of rotatable bonds is 3. The maximum atomic E-state index is 10.7. The smallest absolute Gasteiger partial charge is 0.213 e. The first-order valence-electron chi connectivity index (χ1n) is 5.04. The van der Waals surface area contributed by atoms with Crippen LogP contribution in [0.25, 0.3) is 11.3 Å². The van der Waals surface area contributed by atoms with Gasteiger partial charge in [-0.1, -0.05) is 6.07 Å². The van der Waals surface area contributed by atoms with Gasteiger partial charge < -0.3 is 9.84 Å². The van der Waals surface area contributed by atoms with Gasteiger partial charge in [0, 0.05) is 11.6 Å². The lowest BCUT2D eigenvalue weighted by atomic mass is 10.1. The van der Waals surface area contributed by atoms with Crippen molar-refractivity contribution in [3.05, 3.63) is 42.0 Å². The number of ether oxygens (including phenoxy) is 1. The predicted molar refractivity (Wildman–Crippen MR) is 63.3 cm³/mol. The monoisotopic (exact) mass is 229 g/mol. The lowest BCUT2D eigenvalue weighted by Crippen LogP contribution is -1.90. The van der Waals surface area contributed by atoms with Gasteiger partial charge in [0.1, 0.15) is 5.75 Å². The molecule has 1 N–H and O–H groups in total. The summed E-state index contributed by atoms with van der Waals surface area (Å²) in [7, 11) is 1.54. The molecule has 1 aromatic carbocycles. The molecule has 0 unspecified atom stereocenters. The number of phenolic OH excluding ortho intramolecular Hbond substituents is 1. The summed E-state index contributed by atoms with van der Waals surface area (Å²) in [5.74, 6) is 0.467. The summed E-state index contributed by atoms with van der Waals surface area (Å²) >= 11 is 0. The third-order valence-corrected chi connectivity index (χ3v) is 2.38. The second-order valence-electron chi connectivity index (χ2n) is 3.46. The number of aromatic hydroxyl groups is 1. The Morgan fingerprint density at radius 2 is 2.12 bits per heavy atom. The van der Waals surface area contributed by atoms with E-state index < -0.39 is 0 Å². The molecule has 1 heterocycles. The molecular weight excluding hydrogens is 218 g/mol.